The zero-order valence-electron chi connectivity index (χ0n) is 10.1. The van der Waals surface area contributed by atoms with Crippen LogP contribution in [0.4, 0.5) is 8.78 Å². The van der Waals surface area contributed by atoms with E-state index in [2.05, 4.69) is 20.2 Å². The van der Waals surface area contributed by atoms with Gasteiger partial charge in [-0.25, -0.2) is 0 Å². The number of hydrogen-bond acceptors (Lipinski definition) is 5. The van der Waals surface area contributed by atoms with Gasteiger partial charge in [0.2, 0.25) is 5.89 Å². The molecule has 102 valence electrons. The zero-order chi connectivity index (χ0) is 13.5. The standard InChI is InChI=1S/C12H13F2N3O2/c13-12(14)18-10-3-1-9(2-4-10)7-15-6-5-11-16-8-17-19-11/h1-4,8,12,15H,5-7H2. The summed E-state index contributed by atoms with van der Waals surface area (Å²) < 4.78 is 33.0. The summed E-state index contributed by atoms with van der Waals surface area (Å²) in [6.07, 6.45) is 2.00. The summed E-state index contributed by atoms with van der Waals surface area (Å²) in [5, 5.41) is 6.69. The van der Waals surface area contributed by atoms with Crippen LogP contribution in [0.25, 0.3) is 0 Å². The predicted octanol–water partition coefficient (Wildman–Crippen LogP) is 2.00. The topological polar surface area (TPSA) is 60.2 Å². The molecule has 1 aromatic carbocycles. The normalized spacial score (nSPS) is 10.9. The summed E-state index contributed by atoms with van der Waals surface area (Å²) in [4.78, 5) is 3.89. The van der Waals surface area contributed by atoms with Crippen molar-refractivity contribution in [3.8, 4) is 5.75 Å². The molecule has 0 amide bonds. The van der Waals surface area contributed by atoms with Crippen LogP contribution in [0, 0.1) is 0 Å². The molecule has 1 N–H and O–H groups in total. The van der Waals surface area contributed by atoms with Crippen LogP contribution in [0.3, 0.4) is 0 Å². The lowest BCUT2D eigenvalue weighted by atomic mass is 10.2. The largest absolute Gasteiger partial charge is 0.435 e. The summed E-state index contributed by atoms with van der Waals surface area (Å²) in [7, 11) is 0. The number of ether oxygens (including phenoxy) is 1. The lowest BCUT2D eigenvalue weighted by Crippen LogP contribution is -2.16. The van der Waals surface area contributed by atoms with E-state index in [1.165, 1.54) is 18.5 Å². The predicted molar refractivity (Wildman–Crippen MR) is 62.8 cm³/mol. The molecule has 0 fully saturated rings. The maximum atomic E-state index is 11.9. The third-order valence-electron chi connectivity index (χ3n) is 2.40. The molecule has 0 atom stereocenters. The molecule has 0 bridgehead atoms. The SMILES string of the molecule is FC(F)Oc1ccc(CNCCc2ncno2)cc1. The molecule has 0 unspecified atom stereocenters. The van der Waals surface area contributed by atoms with Gasteiger partial charge in [-0.2, -0.15) is 13.8 Å². The van der Waals surface area contributed by atoms with Gasteiger partial charge in [0.05, 0.1) is 0 Å². The molecular weight excluding hydrogens is 256 g/mol. The maximum Gasteiger partial charge on any atom is 0.387 e. The Morgan fingerprint density at radius 2 is 2.05 bits per heavy atom. The molecule has 7 heteroatoms. The van der Waals surface area contributed by atoms with Gasteiger partial charge in [0.15, 0.2) is 6.33 Å². The molecule has 0 aliphatic rings. The van der Waals surface area contributed by atoms with Gasteiger partial charge in [-0.3, -0.25) is 0 Å². The van der Waals surface area contributed by atoms with Crippen LogP contribution in [0.2, 0.25) is 0 Å². The average Bonchev–Trinajstić information content (AvgIpc) is 2.89. The summed E-state index contributed by atoms with van der Waals surface area (Å²) in [5.41, 5.74) is 0.979. The van der Waals surface area contributed by atoms with Crippen LogP contribution < -0.4 is 10.1 Å². The molecule has 2 rings (SSSR count). The van der Waals surface area contributed by atoms with Crippen molar-refractivity contribution >= 4 is 0 Å². The van der Waals surface area contributed by atoms with E-state index in [0.29, 0.717) is 25.4 Å². The molecule has 0 saturated heterocycles. The number of benzene rings is 1. The Labute approximate surface area is 108 Å². The summed E-state index contributed by atoms with van der Waals surface area (Å²) in [6.45, 7) is -1.47. The third-order valence-corrected chi connectivity index (χ3v) is 2.40. The molecular formula is C12H13F2N3O2. The Morgan fingerprint density at radius 3 is 2.68 bits per heavy atom. The van der Waals surface area contributed by atoms with Gasteiger partial charge in [0.25, 0.3) is 0 Å². The van der Waals surface area contributed by atoms with Crippen LogP contribution in [0.5, 0.6) is 5.75 Å². The van der Waals surface area contributed by atoms with E-state index in [-0.39, 0.29) is 5.75 Å². The molecule has 1 aromatic heterocycles. The van der Waals surface area contributed by atoms with Crippen molar-refractivity contribution in [2.24, 2.45) is 0 Å². The number of rotatable bonds is 7. The molecule has 0 spiro atoms. The molecule has 19 heavy (non-hydrogen) atoms. The van der Waals surface area contributed by atoms with Gasteiger partial charge in [0.1, 0.15) is 5.75 Å². The van der Waals surface area contributed by atoms with Crippen LogP contribution in [0.1, 0.15) is 11.5 Å². The van der Waals surface area contributed by atoms with E-state index in [4.69, 9.17) is 4.52 Å². The summed E-state index contributed by atoms with van der Waals surface area (Å²) in [5.74, 6) is 0.734. The highest BCUT2D eigenvalue weighted by Gasteiger charge is 2.03. The van der Waals surface area contributed by atoms with E-state index in [1.807, 2.05) is 0 Å². The number of halogens is 2. The van der Waals surface area contributed by atoms with Gasteiger partial charge >= 0.3 is 6.61 Å². The number of nitrogens with zero attached hydrogens (tertiary/aromatic N) is 2. The van der Waals surface area contributed by atoms with Gasteiger partial charge in [-0.1, -0.05) is 17.3 Å². The first kappa shape index (κ1) is 13.4. The van der Waals surface area contributed by atoms with Gasteiger partial charge in [-0.05, 0) is 17.7 Å². The lowest BCUT2D eigenvalue weighted by Gasteiger charge is -2.06. The fourth-order valence-electron chi connectivity index (χ4n) is 1.52. The van der Waals surface area contributed by atoms with Crippen LogP contribution in [-0.4, -0.2) is 23.3 Å². The first-order chi connectivity index (χ1) is 9.24. The minimum Gasteiger partial charge on any atom is -0.435 e. The summed E-state index contributed by atoms with van der Waals surface area (Å²) in [6, 6.07) is 6.50. The van der Waals surface area contributed by atoms with E-state index in [0.717, 1.165) is 5.56 Å². The fourth-order valence-corrected chi connectivity index (χ4v) is 1.52. The summed E-state index contributed by atoms with van der Waals surface area (Å²) >= 11 is 0. The second kappa shape index (κ2) is 6.79. The van der Waals surface area contributed by atoms with Crippen molar-refractivity contribution in [2.45, 2.75) is 19.6 Å². The maximum absolute atomic E-state index is 11.9. The van der Waals surface area contributed by atoms with Crippen molar-refractivity contribution < 1.29 is 18.0 Å². The molecule has 0 saturated carbocycles. The monoisotopic (exact) mass is 269 g/mol. The van der Waals surface area contributed by atoms with Crippen LogP contribution >= 0.6 is 0 Å². The van der Waals surface area contributed by atoms with Crippen molar-refractivity contribution in [2.75, 3.05) is 6.54 Å². The number of aromatic nitrogens is 2. The molecule has 0 aliphatic carbocycles. The third kappa shape index (κ3) is 4.63. The lowest BCUT2D eigenvalue weighted by molar-refractivity contribution is -0.0498. The van der Waals surface area contributed by atoms with E-state index < -0.39 is 6.61 Å². The minimum atomic E-state index is -2.79. The highest BCUT2D eigenvalue weighted by atomic mass is 19.3. The average molecular weight is 269 g/mol. The van der Waals surface area contributed by atoms with Crippen LogP contribution in [-0.2, 0) is 13.0 Å². The molecule has 1 heterocycles. The molecule has 5 nitrogen and oxygen atoms in total. The second-order valence-corrected chi connectivity index (χ2v) is 3.78. The minimum absolute atomic E-state index is 0.157. The number of nitrogens with one attached hydrogen (secondary N) is 1. The van der Waals surface area contributed by atoms with E-state index in [9.17, 15) is 8.78 Å². The highest BCUT2D eigenvalue weighted by molar-refractivity contribution is 5.27. The second-order valence-electron chi connectivity index (χ2n) is 3.78. The zero-order valence-corrected chi connectivity index (χ0v) is 10.1. The Bertz CT molecular complexity index is 474. The van der Waals surface area contributed by atoms with Crippen molar-refractivity contribution in [3.63, 3.8) is 0 Å². The number of hydrogen-bond donors (Lipinski definition) is 1. The highest BCUT2D eigenvalue weighted by Crippen LogP contribution is 2.14. The van der Waals surface area contributed by atoms with Crippen LogP contribution in [0.15, 0.2) is 35.1 Å². The Balaban J connectivity index is 1.71. The van der Waals surface area contributed by atoms with Gasteiger partial charge < -0.3 is 14.6 Å². The van der Waals surface area contributed by atoms with E-state index >= 15 is 0 Å². The fraction of sp³-hybridized carbons (Fsp3) is 0.333. The van der Waals surface area contributed by atoms with Gasteiger partial charge in [0, 0.05) is 19.5 Å². The number of alkyl halides is 2. The Hall–Kier alpha value is -2.02. The molecule has 0 aliphatic heterocycles. The van der Waals surface area contributed by atoms with Crippen molar-refractivity contribution in [1.29, 1.82) is 0 Å². The smallest absolute Gasteiger partial charge is 0.387 e. The Kier molecular flexibility index (Phi) is 4.79. The molecule has 0 radical (unpaired) electrons. The first-order valence-electron chi connectivity index (χ1n) is 5.74. The molecule has 2 aromatic rings. The first-order valence-corrected chi connectivity index (χ1v) is 5.74. The van der Waals surface area contributed by atoms with Crippen molar-refractivity contribution in [1.82, 2.24) is 15.5 Å². The Morgan fingerprint density at radius 1 is 1.26 bits per heavy atom. The van der Waals surface area contributed by atoms with E-state index in [1.54, 1.807) is 12.1 Å². The van der Waals surface area contributed by atoms with Gasteiger partial charge in [-0.15, -0.1) is 0 Å². The van der Waals surface area contributed by atoms with Crippen molar-refractivity contribution in [3.05, 3.63) is 42.0 Å². The quantitative estimate of drug-likeness (QED) is 0.779.